The van der Waals surface area contributed by atoms with Crippen LogP contribution in [0.4, 0.5) is 0 Å². The van der Waals surface area contributed by atoms with Crippen LogP contribution in [-0.2, 0) is 16.1 Å². The van der Waals surface area contributed by atoms with Crippen LogP contribution in [0.5, 0.6) is 0 Å². The van der Waals surface area contributed by atoms with Crippen molar-refractivity contribution in [1.29, 1.82) is 0 Å². The Bertz CT molecular complexity index is 860. The van der Waals surface area contributed by atoms with Crippen molar-refractivity contribution in [3.8, 4) is 0 Å². The molecule has 1 aliphatic rings. The highest BCUT2D eigenvalue weighted by atomic mass is 35.5. The van der Waals surface area contributed by atoms with Gasteiger partial charge in [-0.2, -0.15) is 5.10 Å². The number of aromatic amines is 1. The number of morpholine rings is 1. The van der Waals surface area contributed by atoms with Gasteiger partial charge >= 0.3 is 0 Å². The number of H-pyrrole nitrogens is 1. The van der Waals surface area contributed by atoms with Crippen LogP contribution in [0.15, 0.2) is 40.2 Å². The first kappa shape index (κ1) is 21.1. The lowest BCUT2D eigenvalue weighted by atomic mass is 10.2. The Labute approximate surface area is 176 Å². The summed E-state index contributed by atoms with van der Waals surface area (Å²) < 4.78 is 5.75. The predicted molar refractivity (Wildman–Crippen MR) is 110 cm³/mol. The molecule has 10 heteroatoms. The fourth-order valence-corrected chi connectivity index (χ4v) is 3.75. The van der Waals surface area contributed by atoms with Crippen molar-refractivity contribution < 1.29 is 9.53 Å². The number of rotatable bonds is 7. The molecule has 0 aliphatic carbocycles. The maximum atomic E-state index is 12.0. The number of hydrogen-bond acceptors (Lipinski definition) is 6. The van der Waals surface area contributed by atoms with Crippen LogP contribution in [0.3, 0.4) is 0 Å². The monoisotopic (exact) mass is 442 g/mol. The number of hydrogen-bond donors (Lipinski definition) is 2. The molecule has 150 valence electrons. The Morgan fingerprint density at radius 2 is 2.18 bits per heavy atom. The lowest BCUT2D eigenvalue weighted by Crippen LogP contribution is -2.47. The number of aromatic nitrogens is 2. The van der Waals surface area contributed by atoms with E-state index in [2.05, 4.69) is 20.4 Å². The van der Waals surface area contributed by atoms with Gasteiger partial charge in [0.1, 0.15) is 5.03 Å². The van der Waals surface area contributed by atoms with Gasteiger partial charge in [0.2, 0.25) is 5.91 Å². The van der Waals surface area contributed by atoms with Crippen LogP contribution in [0, 0.1) is 0 Å². The van der Waals surface area contributed by atoms with Gasteiger partial charge in [-0.3, -0.25) is 14.5 Å². The van der Waals surface area contributed by atoms with Gasteiger partial charge in [-0.1, -0.05) is 41.0 Å². The maximum Gasteiger partial charge on any atom is 0.264 e. The summed E-state index contributed by atoms with van der Waals surface area (Å²) in [5, 5.41) is 10.8. The number of benzene rings is 1. The van der Waals surface area contributed by atoms with E-state index >= 15 is 0 Å². The number of nitrogens with one attached hydrogen (secondary N) is 2. The number of ether oxygens (including phenoxy) is 1. The van der Waals surface area contributed by atoms with Crippen molar-refractivity contribution in [1.82, 2.24) is 20.4 Å². The third-order valence-corrected chi connectivity index (χ3v) is 5.81. The molecular formula is C18H20Cl2N4O3S. The molecule has 1 saturated heterocycles. The third kappa shape index (κ3) is 6.49. The lowest BCUT2D eigenvalue weighted by molar-refractivity contribution is -0.119. The zero-order valence-corrected chi connectivity index (χ0v) is 17.3. The normalized spacial score (nSPS) is 17.4. The van der Waals surface area contributed by atoms with E-state index in [1.54, 1.807) is 12.1 Å². The summed E-state index contributed by atoms with van der Waals surface area (Å²) in [5.74, 6) is 0.113. The van der Waals surface area contributed by atoms with Crippen molar-refractivity contribution in [2.24, 2.45) is 0 Å². The maximum absolute atomic E-state index is 12.0. The molecule has 0 unspecified atom stereocenters. The molecule has 0 bridgehead atoms. The van der Waals surface area contributed by atoms with Gasteiger partial charge in [-0.15, -0.1) is 0 Å². The van der Waals surface area contributed by atoms with Gasteiger partial charge in [-0.25, -0.2) is 5.10 Å². The van der Waals surface area contributed by atoms with E-state index < -0.39 is 0 Å². The van der Waals surface area contributed by atoms with Crippen molar-refractivity contribution >= 4 is 40.9 Å². The molecule has 0 spiro atoms. The molecule has 2 aromatic rings. The first-order valence-electron chi connectivity index (χ1n) is 8.73. The zero-order valence-electron chi connectivity index (χ0n) is 15.0. The van der Waals surface area contributed by atoms with Crippen molar-refractivity contribution in [3.63, 3.8) is 0 Å². The molecule has 0 radical (unpaired) electrons. The topological polar surface area (TPSA) is 87.3 Å². The van der Waals surface area contributed by atoms with Gasteiger partial charge in [-0.05, 0) is 23.8 Å². The van der Waals surface area contributed by atoms with Crippen LogP contribution < -0.4 is 10.9 Å². The van der Waals surface area contributed by atoms with Crippen LogP contribution in [0.25, 0.3) is 0 Å². The molecule has 1 fully saturated rings. The number of carbonyl (C=O) groups is 1. The zero-order chi connectivity index (χ0) is 19.9. The number of thioether (sulfide) groups is 1. The fourth-order valence-electron chi connectivity index (χ4n) is 2.77. The molecule has 2 heterocycles. The Morgan fingerprint density at radius 1 is 1.32 bits per heavy atom. The molecule has 28 heavy (non-hydrogen) atoms. The van der Waals surface area contributed by atoms with Crippen molar-refractivity contribution in [3.05, 3.63) is 56.3 Å². The van der Waals surface area contributed by atoms with E-state index in [0.29, 0.717) is 28.2 Å². The van der Waals surface area contributed by atoms with Gasteiger partial charge in [0.05, 0.1) is 28.5 Å². The molecule has 2 N–H and O–H groups in total. The fraction of sp³-hybridized carbons (Fsp3) is 0.389. The van der Waals surface area contributed by atoms with E-state index in [1.807, 2.05) is 12.1 Å². The van der Waals surface area contributed by atoms with E-state index in [-0.39, 0.29) is 23.3 Å². The Hall–Kier alpha value is -1.58. The highest BCUT2D eigenvalue weighted by Gasteiger charge is 2.21. The molecule has 7 nitrogen and oxygen atoms in total. The smallest absolute Gasteiger partial charge is 0.264 e. The largest absolute Gasteiger partial charge is 0.374 e. The van der Waals surface area contributed by atoms with E-state index in [4.69, 9.17) is 27.9 Å². The van der Waals surface area contributed by atoms with Crippen LogP contribution >= 0.6 is 35.0 Å². The number of amides is 1. The van der Waals surface area contributed by atoms with Gasteiger partial charge in [0.25, 0.3) is 5.56 Å². The molecule has 1 atom stereocenters. The number of carbonyl (C=O) groups excluding carboxylic acids is 1. The highest BCUT2D eigenvalue weighted by molar-refractivity contribution is 7.99. The molecular weight excluding hydrogens is 423 g/mol. The summed E-state index contributed by atoms with van der Waals surface area (Å²) in [5.41, 5.74) is 0.817. The van der Waals surface area contributed by atoms with E-state index in [9.17, 15) is 9.59 Å². The standard InChI is InChI=1S/C18H20Cl2N4O3S/c19-14-2-1-12(7-15(14)20)9-24-5-6-27-13(10-24)8-21-17(26)11-28-18-4-3-16(25)22-23-18/h1-4,7,13H,5-6,8-11H2,(H,21,26)(H,22,25)/t13-/m0/s1. The summed E-state index contributed by atoms with van der Waals surface area (Å²) in [6, 6.07) is 8.60. The number of nitrogens with zero attached hydrogens (tertiary/aromatic N) is 2. The van der Waals surface area contributed by atoms with Crippen LogP contribution in [0.1, 0.15) is 5.56 Å². The molecule has 0 saturated carbocycles. The summed E-state index contributed by atoms with van der Waals surface area (Å²) in [7, 11) is 0. The summed E-state index contributed by atoms with van der Waals surface area (Å²) in [6.07, 6.45) is -0.0725. The van der Waals surface area contributed by atoms with Crippen LogP contribution in [-0.4, -0.2) is 59.1 Å². The second-order valence-electron chi connectivity index (χ2n) is 6.33. The molecule has 1 amide bonds. The minimum absolute atomic E-state index is 0.0725. The summed E-state index contributed by atoms with van der Waals surface area (Å²) in [6.45, 7) is 3.33. The Kier molecular flexibility index (Phi) is 7.75. The minimum Gasteiger partial charge on any atom is -0.374 e. The average molecular weight is 443 g/mol. The van der Waals surface area contributed by atoms with E-state index in [1.165, 1.54) is 17.8 Å². The molecule has 1 aliphatic heterocycles. The van der Waals surface area contributed by atoms with E-state index in [0.717, 1.165) is 25.2 Å². The lowest BCUT2D eigenvalue weighted by Gasteiger charge is -2.33. The Balaban J connectivity index is 1.41. The SMILES string of the molecule is O=C(CSc1ccc(=O)[nH]n1)NC[C@H]1CN(Cc2ccc(Cl)c(Cl)c2)CCO1. The van der Waals surface area contributed by atoms with Crippen LogP contribution in [0.2, 0.25) is 10.0 Å². The summed E-state index contributed by atoms with van der Waals surface area (Å²) >= 11 is 13.3. The van der Waals surface area contributed by atoms with Crippen molar-refractivity contribution in [2.75, 3.05) is 32.0 Å². The number of halogens is 2. The van der Waals surface area contributed by atoms with Crippen molar-refractivity contribution in [2.45, 2.75) is 17.7 Å². The van der Waals surface area contributed by atoms with Gasteiger partial charge < -0.3 is 10.1 Å². The average Bonchev–Trinajstić information content (AvgIpc) is 2.69. The predicted octanol–water partition coefficient (Wildman–Crippen LogP) is 2.19. The minimum atomic E-state index is -0.270. The van der Waals surface area contributed by atoms with Gasteiger partial charge in [0.15, 0.2) is 0 Å². The quantitative estimate of drug-likeness (QED) is 0.638. The second kappa shape index (κ2) is 10.3. The van der Waals surface area contributed by atoms with Gasteiger partial charge in [0, 0.05) is 32.2 Å². The highest BCUT2D eigenvalue weighted by Crippen LogP contribution is 2.23. The first-order valence-corrected chi connectivity index (χ1v) is 10.5. The second-order valence-corrected chi connectivity index (χ2v) is 8.14. The third-order valence-electron chi connectivity index (χ3n) is 4.14. The molecule has 1 aromatic heterocycles. The molecule has 1 aromatic carbocycles. The summed E-state index contributed by atoms with van der Waals surface area (Å²) in [4.78, 5) is 25.3. The Morgan fingerprint density at radius 3 is 2.93 bits per heavy atom. The molecule has 3 rings (SSSR count). The first-order chi connectivity index (χ1) is 13.5.